The molecule has 2 rings (SSSR count). The third-order valence-electron chi connectivity index (χ3n) is 4.64. The summed E-state index contributed by atoms with van der Waals surface area (Å²) < 4.78 is 28.2. The molecule has 1 aromatic carbocycles. The maximum Gasteiger partial charge on any atom is 0.129 e. The van der Waals surface area contributed by atoms with Crippen molar-refractivity contribution in [3.63, 3.8) is 0 Å². The van der Waals surface area contributed by atoms with E-state index in [2.05, 4.69) is 12.2 Å². The summed E-state index contributed by atoms with van der Waals surface area (Å²) in [6, 6.07) is 4.23. The molecule has 0 saturated heterocycles. The molecular weight excluding hydrogens is 256 g/mol. The molecule has 3 unspecified atom stereocenters. The van der Waals surface area contributed by atoms with Crippen LogP contribution in [0.15, 0.2) is 18.2 Å². The van der Waals surface area contributed by atoms with E-state index in [0.29, 0.717) is 17.4 Å². The van der Waals surface area contributed by atoms with Gasteiger partial charge in [0.1, 0.15) is 11.6 Å². The lowest BCUT2D eigenvalue weighted by molar-refractivity contribution is 0.216. The maximum atomic E-state index is 14.1. The van der Waals surface area contributed by atoms with Gasteiger partial charge < -0.3 is 5.32 Å². The van der Waals surface area contributed by atoms with Gasteiger partial charge in [0.25, 0.3) is 0 Å². The molecule has 3 heteroatoms. The third-order valence-corrected chi connectivity index (χ3v) is 4.64. The molecule has 1 nitrogen and oxygen atoms in total. The van der Waals surface area contributed by atoms with Crippen LogP contribution in [0.25, 0.3) is 0 Å². The fourth-order valence-corrected chi connectivity index (χ4v) is 3.72. The van der Waals surface area contributed by atoms with E-state index in [1.54, 1.807) is 0 Å². The van der Waals surface area contributed by atoms with Crippen LogP contribution in [0.5, 0.6) is 0 Å². The van der Waals surface area contributed by atoms with Gasteiger partial charge in [0, 0.05) is 5.56 Å². The number of benzene rings is 1. The molecule has 3 atom stereocenters. The van der Waals surface area contributed by atoms with Crippen LogP contribution in [0.1, 0.15) is 50.5 Å². The fourth-order valence-electron chi connectivity index (χ4n) is 3.72. The lowest BCUT2D eigenvalue weighted by atomic mass is 9.69. The van der Waals surface area contributed by atoms with Crippen LogP contribution in [0.2, 0.25) is 0 Å². The highest BCUT2D eigenvalue weighted by Gasteiger charge is 2.33. The Labute approximate surface area is 120 Å². The fraction of sp³-hybridized carbons (Fsp3) is 0.647. The van der Waals surface area contributed by atoms with Gasteiger partial charge in [-0.3, -0.25) is 0 Å². The zero-order chi connectivity index (χ0) is 14.5. The second-order valence-electron chi connectivity index (χ2n) is 6.03. The van der Waals surface area contributed by atoms with Crippen molar-refractivity contribution in [1.82, 2.24) is 5.32 Å². The molecule has 0 bridgehead atoms. The first-order valence-electron chi connectivity index (χ1n) is 7.75. The summed E-state index contributed by atoms with van der Waals surface area (Å²) in [6.45, 7) is 3.01. The number of rotatable bonds is 5. The van der Waals surface area contributed by atoms with Crippen molar-refractivity contribution in [3.05, 3.63) is 35.4 Å². The third kappa shape index (κ3) is 3.38. The smallest absolute Gasteiger partial charge is 0.129 e. The van der Waals surface area contributed by atoms with Crippen LogP contribution < -0.4 is 5.32 Å². The normalized spacial score (nSPS) is 26.7. The molecule has 1 aliphatic carbocycles. The average Bonchev–Trinajstić information content (AvgIpc) is 2.42. The molecule has 0 amide bonds. The molecule has 0 radical (unpaired) electrons. The van der Waals surface area contributed by atoms with Crippen molar-refractivity contribution < 1.29 is 8.78 Å². The molecule has 20 heavy (non-hydrogen) atoms. The summed E-state index contributed by atoms with van der Waals surface area (Å²) in [5, 5.41) is 3.18. The number of hydrogen-bond acceptors (Lipinski definition) is 1. The van der Waals surface area contributed by atoms with Gasteiger partial charge in [-0.1, -0.05) is 32.3 Å². The first-order valence-corrected chi connectivity index (χ1v) is 7.75. The number of halogens is 2. The van der Waals surface area contributed by atoms with Crippen molar-refractivity contribution in [2.24, 2.45) is 11.8 Å². The van der Waals surface area contributed by atoms with Crippen LogP contribution >= 0.6 is 0 Å². The molecule has 0 spiro atoms. The van der Waals surface area contributed by atoms with Gasteiger partial charge >= 0.3 is 0 Å². The lowest BCUT2D eigenvalue weighted by Crippen LogP contribution is -2.31. The van der Waals surface area contributed by atoms with Gasteiger partial charge in [0.15, 0.2) is 0 Å². The second-order valence-corrected chi connectivity index (χ2v) is 6.03. The van der Waals surface area contributed by atoms with Crippen molar-refractivity contribution in [2.45, 2.75) is 44.9 Å². The first-order chi connectivity index (χ1) is 9.67. The van der Waals surface area contributed by atoms with E-state index in [0.717, 1.165) is 25.8 Å². The van der Waals surface area contributed by atoms with Gasteiger partial charge in [-0.15, -0.1) is 0 Å². The van der Waals surface area contributed by atoms with Gasteiger partial charge in [0.2, 0.25) is 0 Å². The summed E-state index contributed by atoms with van der Waals surface area (Å²) in [6.07, 6.45) is 5.47. The quantitative estimate of drug-likeness (QED) is 0.839. The Morgan fingerprint density at radius 1 is 1.20 bits per heavy atom. The largest absolute Gasteiger partial charge is 0.319 e. The number of nitrogens with one attached hydrogen (secondary N) is 1. The lowest BCUT2D eigenvalue weighted by Gasteiger charge is -2.37. The van der Waals surface area contributed by atoms with Gasteiger partial charge in [0.05, 0.1) is 0 Å². The maximum absolute atomic E-state index is 14.1. The second kappa shape index (κ2) is 7.16. The van der Waals surface area contributed by atoms with Crippen LogP contribution in [0, 0.1) is 23.5 Å². The van der Waals surface area contributed by atoms with Gasteiger partial charge in [-0.2, -0.15) is 0 Å². The molecule has 112 valence electrons. The number of hydrogen-bond donors (Lipinski definition) is 1. The predicted molar refractivity (Wildman–Crippen MR) is 78.8 cm³/mol. The summed E-state index contributed by atoms with van der Waals surface area (Å²) in [7, 11) is 1.91. The summed E-state index contributed by atoms with van der Waals surface area (Å²) in [5.41, 5.74) is 0.313. The Hall–Kier alpha value is -0.960. The molecular formula is C17H25F2N. The molecule has 0 aliphatic heterocycles. The van der Waals surface area contributed by atoms with Crippen molar-refractivity contribution in [2.75, 3.05) is 13.6 Å². The highest BCUT2D eigenvalue weighted by molar-refractivity contribution is 5.25. The molecule has 1 aliphatic rings. The standard InChI is InChI=1S/C17H25F2N/c1-3-5-12-8-9-13(11-20-2)14(10-12)17-15(18)6-4-7-16(17)19/h4,6-7,12-14,20H,3,5,8-11H2,1-2H3. The van der Waals surface area contributed by atoms with Crippen molar-refractivity contribution in [1.29, 1.82) is 0 Å². The SMILES string of the molecule is CCCC1CCC(CNC)C(c2c(F)cccc2F)C1. The predicted octanol–water partition coefficient (Wildman–Crippen LogP) is 4.48. The van der Waals surface area contributed by atoms with E-state index < -0.39 is 0 Å². The van der Waals surface area contributed by atoms with E-state index in [4.69, 9.17) is 0 Å². The minimum Gasteiger partial charge on any atom is -0.319 e. The van der Waals surface area contributed by atoms with E-state index in [1.165, 1.54) is 31.0 Å². The minimum atomic E-state index is -0.381. The summed E-state index contributed by atoms with van der Waals surface area (Å²) >= 11 is 0. The molecule has 1 aromatic rings. The zero-order valence-electron chi connectivity index (χ0n) is 12.5. The van der Waals surface area contributed by atoms with Gasteiger partial charge in [-0.25, -0.2) is 8.78 Å². The highest BCUT2D eigenvalue weighted by atomic mass is 19.1. The van der Waals surface area contributed by atoms with E-state index in [1.807, 2.05) is 7.05 Å². The topological polar surface area (TPSA) is 12.0 Å². The molecule has 1 N–H and O–H groups in total. The van der Waals surface area contributed by atoms with E-state index in [9.17, 15) is 8.78 Å². The molecule has 1 fully saturated rings. The molecule has 0 heterocycles. The summed E-state index contributed by atoms with van der Waals surface area (Å²) in [5.74, 6) is 0.187. The van der Waals surface area contributed by atoms with Crippen molar-refractivity contribution in [3.8, 4) is 0 Å². The van der Waals surface area contributed by atoms with E-state index >= 15 is 0 Å². The zero-order valence-corrected chi connectivity index (χ0v) is 12.5. The monoisotopic (exact) mass is 281 g/mol. The average molecular weight is 281 g/mol. The molecule has 1 saturated carbocycles. The van der Waals surface area contributed by atoms with Crippen LogP contribution in [0.4, 0.5) is 8.78 Å². The summed E-state index contributed by atoms with van der Waals surface area (Å²) in [4.78, 5) is 0. The Morgan fingerprint density at radius 3 is 2.50 bits per heavy atom. The van der Waals surface area contributed by atoms with Crippen LogP contribution in [-0.4, -0.2) is 13.6 Å². The Morgan fingerprint density at radius 2 is 1.90 bits per heavy atom. The minimum absolute atomic E-state index is 0.00829. The Balaban J connectivity index is 2.26. The van der Waals surface area contributed by atoms with Crippen LogP contribution in [-0.2, 0) is 0 Å². The van der Waals surface area contributed by atoms with Crippen molar-refractivity contribution >= 4 is 0 Å². The molecule has 0 aromatic heterocycles. The highest BCUT2D eigenvalue weighted by Crippen LogP contribution is 2.43. The first kappa shape index (κ1) is 15.4. The van der Waals surface area contributed by atoms with Crippen LogP contribution in [0.3, 0.4) is 0 Å². The van der Waals surface area contributed by atoms with E-state index in [-0.39, 0.29) is 17.6 Å². The van der Waals surface area contributed by atoms with Gasteiger partial charge in [-0.05, 0) is 56.3 Å². The Bertz CT molecular complexity index is 413. The Kier molecular flexibility index (Phi) is 5.53.